The highest BCUT2D eigenvalue weighted by molar-refractivity contribution is 6.35. The quantitative estimate of drug-likeness (QED) is 0.746. The van der Waals surface area contributed by atoms with Gasteiger partial charge in [0, 0.05) is 11.9 Å². The second-order valence-corrected chi connectivity index (χ2v) is 5.21. The van der Waals surface area contributed by atoms with E-state index < -0.39 is 0 Å². The number of aromatic nitrogens is 3. The molecule has 21 heavy (non-hydrogen) atoms. The third-order valence-electron chi connectivity index (χ3n) is 2.88. The average molecular weight is 321 g/mol. The van der Waals surface area contributed by atoms with Gasteiger partial charge in [0.05, 0.1) is 16.5 Å². The van der Waals surface area contributed by atoms with E-state index in [-0.39, 0.29) is 0 Å². The topological polar surface area (TPSA) is 77.8 Å². The summed E-state index contributed by atoms with van der Waals surface area (Å²) in [4.78, 5) is 8.40. The summed E-state index contributed by atoms with van der Waals surface area (Å²) in [6, 6.07) is 9.09. The number of para-hydroxylation sites is 1. The number of anilines is 1. The Morgan fingerprint density at radius 3 is 2.76 bits per heavy atom. The molecule has 0 spiro atoms. The smallest absolute Gasteiger partial charge is 0.231 e. The van der Waals surface area contributed by atoms with Crippen molar-refractivity contribution < 1.29 is 4.52 Å². The van der Waals surface area contributed by atoms with Crippen molar-refractivity contribution in [2.75, 3.05) is 5.73 Å². The summed E-state index contributed by atoms with van der Waals surface area (Å²) in [6.07, 6.45) is 1.93. The van der Waals surface area contributed by atoms with Crippen LogP contribution in [0.2, 0.25) is 10.0 Å². The highest BCUT2D eigenvalue weighted by atomic mass is 35.5. The molecule has 106 valence electrons. The number of benzene rings is 1. The number of nitrogens with zero attached hydrogens (tertiary/aromatic N) is 3. The number of halogens is 2. The van der Waals surface area contributed by atoms with Crippen molar-refractivity contribution in [2.45, 2.75) is 6.42 Å². The molecule has 0 atom stereocenters. The summed E-state index contributed by atoms with van der Waals surface area (Å²) < 4.78 is 5.21. The molecule has 0 aliphatic rings. The van der Waals surface area contributed by atoms with E-state index in [0.29, 0.717) is 39.6 Å². The van der Waals surface area contributed by atoms with E-state index >= 15 is 0 Å². The molecule has 0 fully saturated rings. The molecule has 2 N–H and O–H groups in total. The van der Waals surface area contributed by atoms with Crippen LogP contribution in [0.4, 0.5) is 5.69 Å². The number of nitrogen functional groups attached to an aromatic ring is 1. The van der Waals surface area contributed by atoms with E-state index in [4.69, 9.17) is 33.5 Å². The first kappa shape index (κ1) is 13.9. The number of rotatable bonds is 3. The summed E-state index contributed by atoms with van der Waals surface area (Å²) in [5, 5.41) is 4.70. The van der Waals surface area contributed by atoms with Gasteiger partial charge in [-0.3, -0.25) is 0 Å². The Morgan fingerprint density at radius 2 is 2.00 bits per heavy atom. The minimum Gasteiger partial charge on any atom is -0.398 e. The Labute approximate surface area is 130 Å². The van der Waals surface area contributed by atoms with Gasteiger partial charge in [-0.15, -0.1) is 0 Å². The monoisotopic (exact) mass is 320 g/mol. The van der Waals surface area contributed by atoms with Crippen molar-refractivity contribution in [2.24, 2.45) is 0 Å². The molecule has 0 aliphatic carbocycles. The molecule has 2 aromatic heterocycles. The molecule has 1 aromatic carbocycles. The molecule has 3 rings (SSSR count). The van der Waals surface area contributed by atoms with Gasteiger partial charge >= 0.3 is 0 Å². The maximum Gasteiger partial charge on any atom is 0.231 e. The van der Waals surface area contributed by atoms with Gasteiger partial charge in [0.1, 0.15) is 5.69 Å². The van der Waals surface area contributed by atoms with Gasteiger partial charge in [-0.1, -0.05) is 46.6 Å². The van der Waals surface area contributed by atoms with Crippen LogP contribution in [0.15, 0.2) is 41.1 Å². The Kier molecular flexibility index (Phi) is 3.77. The summed E-state index contributed by atoms with van der Waals surface area (Å²) >= 11 is 11.9. The van der Waals surface area contributed by atoms with E-state index in [0.717, 1.165) is 5.56 Å². The number of hydrogen-bond acceptors (Lipinski definition) is 5. The first-order chi connectivity index (χ1) is 10.1. The second-order valence-electron chi connectivity index (χ2n) is 4.37. The van der Waals surface area contributed by atoms with Gasteiger partial charge < -0.3 is 10.3 Å². The zero-order chi connectivity index (χ0) is 14.8. The van der Waals surface area contributed by atoms with E-state index in [1.165, 1.54) is 6.20 Å². The van der Waals surface area contributed by atoms with Crippen molar-refractivity contribution in [3.8, 4) is 11.5 Å². The van der Waals surface area contributed by atoms with Crippen molar-refractivity contribution in [1.29, 1.82) is 0 Å². The lowest BCUT2D eigenvalue weighted by Crippen LogP contribution is -1.95. The van der Waals surface area contributed by atoms with Gasteiger partial charge in [0.25, 0.3) is 0 Å². The number of hydrogen-bond donors (Lipinski definition) is 1. The molecular formula is C14H10Cl2N4O. The molecule has 3 aromatic rings. The standard InChI is InChI=1S/C14H10Cl2N4O/c15-9-6-10(16)13(18-7-9)14-19-12(21-20-14)5-8-3-1-2-4-11(8)17/h1-4,6-7H,5,17H2. The fourth-order valence-electron chi connectivity index (χ4n) is 1.86. The van der Waals surface area contributed by atoms with Gasteiger partial charge in [-0.2, -0.15) is 4.98 Å². The van der Waals surface area contributed by atoms with Crippen molar-refractivity contribution in [3.05, 3.63) is 58.0 Å². The van der Waals surface area contributed by atoms with E-state index in [9.17, 15) is 0 Å². The van der Waals surface area contributed by atoms with Gasteiger partial charge in [-0.05, 0) is 17.7 Å². The second kappa shape index (κ2) is 5.71. The molecule has 0 saturated heterocycles. The zero-order valence-electron chi connectivity index (χ0n) is 10.8. The number of pyridine rings is 1. The average Bonchev–Trinajstić information content (AvgIpc) is 2.90. The van der Waals surface area contributed by atoms with Crippen molar-refractivity contribution >= 4 is 28.9 Å². The predicted molar refractivity (Wildman–Crippen MR) is 81.2 cm³/mol. The highest BCUT2D eigenvalue weighted by Crippen LogP contribution is 2.26. The minimum absolute atomic E-state index is 0.321. The van der Waals surface area contributed by atoms with E-state index in [1.54, 1.807) is 6.07 Å². The molecule has 0 unspecified atom stereocenters. The van der Waals surface area contributed by atoms with Crippen LogP contribution in [-0.2, 0) is 6.42 Å². The maximum absolute atomic E-state index is 6.07. The molecule has 0 amide bonds. The number of nitrogens with two attached hydrogens (primary N) is 1. The summed E-state index contributed by atoms with van der Waals surface area (Å²) in [5.41, 5.74) is 7.92. The third kappa shape index (κ3) is 2.99. The maximum atomic E-state index is 6.07. The molecular weight excluding hydrogens is 311 g/mol. The predicted octanol–water partition coefficient (Wildman–Crippen LogP) is 3.61. The van der Waals surface area contributed by atoms with Crippen LogP contribution >= 0.6 is 23.2 Å². The van der Waals surface area contributed by atoms with E-state index in [1.807, 2.05) is 24.3 Å². The first-order valence-electron chi connectivity index (χ1n) is 6.11. The van der Waals surface area contributed by atoms with Gasteiger partial charge in [-0.25, -0.2) is 4.98 Å². The lowest BCUT2D eigenvalue weighted by atomic mass is 10.1. The fraction of sp³-hybridized carbons (Fsp3) is 0.0714. The van der Waals surface area contributed by atoms with Crippen LogP contribution in [0.5, 0.6) is 0 Å². The van der Waals surface area contributed by atoms with Crippen molar-refractivity contribution in [3.63, 3.8) is 0 Å². The Hall–Kier alpha value is -2.11. The van der Waals surface area contributed by atoms with Crippen LogP contribution < -0.4 is 5.73 Å². The Balaban J connectivity index is 1.88. The molecule has 2 heterocycles. The van der Waals surface area contributed by atoms with Gasteiger partial charge in [0.15, 0.2) is 0 Å². The van der Waals surface area contributed by atoms with Crippen molar-refractivity contribution in [1.82, 2.24) is 15.1 Å². The van der Waals surface area contributed by atoms with Crippen LogP contribution in [0.1, 0.15) is 11.5 Å². The lowest BCUT2D eigenvalue weighted by Gasteiger charge is -2.00. The van der Waals surface area contributed by atoms with Gasteiger partial charge in [0.2, 0.25) is 11.7 Å². The highest BCUT2D eigenvalue weighted by Gasteiger charge is 2.14. The summed E-state index contributed by atoms with van der Waals surface area (Å²) in [6.45, 7) is 0. The molecule has 5 nitrogen and oxygen atoms in total. The van der Waals surface area contributed by atoms with Crippen LogP contribution in [-0.4, -0.2) is 15.1 Å². The van der Waals surface area contributed by atoms with Crippen LogP contribution in [0.25, 0.3) is 11.5 Å². The molecule has 0 radical (unpaired) electrons. The fourth-order valence-corrected chi connectivity index (χ4v) is 2.32. The molecule has 0 bridgehead atoms. The Morgan fingerprint density at radius 1 is 1.19 bits per heavy atom. The summed E-state index contributed by atoms with van der Waals surface area (Å²) in [7, 11) is 0. The molecule has 0 saturated carbocycles. The lowest BCUT2D eigenvalue weighted by molar-refractivity contribution is 0.385. The zero-order valence-corrected chi connectivity index (χ0v) is 12.3. The SMILES string of the molecule is Nc1ccccc1Cc1nc(-c2ncc(Cl)cc2Cl)no1. The molecule has 7 heteroatoms. The van der Waals surface area contributed by atoms with Crippen LogP contribution in [0.3, 0.4) is 0 Å². The van der Waals surface area contributed by atoms with Crippen LogP contribution in [0, 0.1) is 0 Å². The third-order valence-corrected chi connectivity index (χ3v) is 3.38. The first-order valence-corrected chi connectivity index (χ1v) is 6.86. The Bertz CT molecular complexity index is 788. The normalized spacial score (nSPS) is 10.8. The largest absolute Gasteiger partial charge is 0.398 e. The minimum atomic E-state index is 0.321. The molecule has 0 aliphatic heterocycles. The van der Waals surface area contributed by atoms with E-state index in [2.05, 4.69) is 15.1 Å². The summed E-state index contributed by atoms with van der Waals surface area (Å²) in [5.74, 6) is 0.761.